The predicted octanol–water partition coefficient (Wildman–Crippen LogP) is 4.63. The fourth-order valence-electron chi connectivity index (χ4n) is 3.19. The number of allylic oxidation sites excluding steroid dienone is 2. The van der Waals surface area contributed by atoms with E-state index in [-0.39, 0.29) is 23.6 Å². The number of para-hydroxylation sites is 1. The molecular weight excluding hydrogens is 349 g/mol. The number of rotatable bonds is 4. The largest absolute Gasteiger partial charge is 0.299 e. The van der Waals surface area contributed by atoms with Crippen LogP contribution in [0.5, 0.6) is 0 Å². The average Bonchev–Trinajstić information content (AvgIpc) is 3.11. The van der Waals surface area contributed by atoms with Crippen LogP contribution < -0.4 is 10.9 Å². The average molecular weight is 367 g/mol. The van der Waals surface area contributed by atoms with Crippen LogP contribution in [-0.2, 0) is 4.79 Å². The Balaban J connectivity index is 1.50. The Bertz CT molecular complexity index is 918. The number of benzene rings is 2. The Morgan fingerprint density at radius 3 is 2.65 bits per heavy atom. The molecule has 1 aromatic heterocycles. The van der Waals surface area contributed by atoms with E-state index in [1.54, 1.807) is 23.5 Å². The van der Waals surface area contributed by atoms with Crippen molar-refractivity contribution in [2.24, 2.45) is 5.92 Å². The summed E-state index contributed by atoms with van der Waals surface area (Å²) in [5, 5.41) is 0.998. The molecule has 0 unspecified atom stereocenters. The number of thiazole rings is 1. The summed E-state index contributed by atoms with van der Waals surface area (Å²) in [4.78, 5) is 17.5. The van der Waals surface area contributed by atoms with Crippen LogP contribution in [-0.4, -0.2) is 10.9 Å². The van der Waals surface area contributed by atoms with Crippen molar-refractivity contribution in [1.82, 2.24) is 10.4 Å². The van der Waals surface area contributed by atoms with Gasteiger partial charge in [-0.05, 0) is 49.2 Å². The molecule has 132 valence electrons. The van der Waals surface area contributed by atoms with Crippen molar-refractivity contribution in [2.75, 3.05) is 5.43 Å². The van der Waals surface area contributed by atoms with Gasteiger partial charge in [0.1, 0.15) is 5.82 Å². The number of halogens is 1. The maximum absolute atomic E-state index is 13.0. The minimum atomic E-state index is -0.310. The third kappa shape index (κ3) is 3.46. The summed E-state index contributed by atoms with van der Waals surface area (Å²) >= 11 is 1.65. The van der Waals surface area contributed by atoms with Crippen LogP contribution in [0.2, 0.25) is 0 Å². The van der Waals surface area contributed by atoms with Crippen molar-refractivity contribution in [2.45, 2.75) is 18.8 Å². The molecule has 0 bridgehead atoms. The number of aromatic nitrogens is 1. The summed E-state index contributed by atoms with van der Waals surface area (Å²) < 4.78 is 14.1. The molecule has 6 heteroatoms. The number of fused-ring (bicyclic) bond motifs is 1. The zero-order valence-electron chi connectivity index (χ0n) is 14.0. The zero-order valence-corrected chi connectivity index (χ0v) is 14.8. The standard InChI is InChI=1S/C20H18FN3OS/c21-13-9-11-14(12-10-13)23-24-19(25)15-5-1-2-6-16(15)20-22-17-7-3-4-8-18(17)26-20/h1-4,7-12,15-16,23H,5-6H2,(H,24,25)/t15-,16+/m0/s1. The highest BCUT2D eigenvalue weighted by Gasteiger charge is 2.32. The molecule has 4 nitrogen and oxygen atoms in total. The van der Waals surface area contributed by atoms with Gasteiger partial charge >= 0.3 is 0 Å². The van der Waals surface area contributed by atoms with Gasteiger partial charge in [-0.1, -0.05) is 24.3 Å². The highest BCUT2D eigenvalue weighted by atomic mass is 32.1. The number of hydrogen-bond donors (Lipinski definition) is 2. The third-order valence-corrected chi connectivity index (χ3v) is 5.74. The van der Waals surface area contributed by atoms with Gasteiger partial charge in [-0.15, -0.1) is 11.3 Å². The third-order valence-electron chi connectivity index (χ3n) is 4.57. The fourth-order valence-corrected chi connectivity index (χ4v) is 4.33. The summed E-state index contributed by atoms with van der Waals surface area (Å²) in [5.41, 5.74) is 7.23. The maximum Gasteiger partial charge on any atom is 0.242 e. The van der Waals surface area contributed by atoms with Crippen molar-refractivity contribution in [3.63, 3.8) is 0 Å². The molecule has 1 aliphatic rings. The van der Waals surface area contributed by atoms with E-state index in [0.717, 1.165) is 21.6 Å². The number of nitrogens with one attached hydrogen (secondary N) is 2. The summed E-state index contributed by atoms with van der Waals surface area (Å²) in [6.45, 7) is 0. The second-order valence-corrected chi connectivity index (χ2v) is 7.36. The second kappa shape index (κ2) is 7.25. The first kappa shape index (κ1) is 16.7. The molecular formula is C20H18FN3OS. The Morgan fingerprint density at radius 2 is 1.85 bits per heavy atom. The molecule has 0 aliphatic heterocycles. The van der Waals surface area contributed by atoms with E-state index in [4.69, 9.17) is 4.98 Å². The van der Waals surface area contributed by atoms with E-state index < -0.39 is 0 Å². The van der Waals surface area contributed by atoms with Gasteiger partial charge in [0, 0.05) is 5.92 Å². The number of carbonyl (C=O) groups is 1. The lowest BCUT2D eigenvalue weighted by atomic mass is 9.83. The quantitative estimate of drug-likeness (QED) is 0.522. The minimum Gasteiger partial charge on any atom is -0.299 e. The van der Waals surface area contributed by atoms with Crippen LogP contribution >= 0.6 is 11.3 Å². The van der Waals surface area contributed by atoms with E-state index >= 15 is 0 Å². The molecule has 4 rings (SSSR count). The van der Waals surface area contributed by atoms with E-state index in [1.165, 1.54) is 12.1 Å². The topological polar surface area (TPSA) is 54.0 Å². The van der Waals surface area contributed by atoms with Gasteiger partial charge in [-0.25, -0.2) is 9.37 Å². The molecule has 0 spiro atoms. The van der Waals surface area contributed by atoms with Gasteiger partial charge in [0.25, 0.3) is 0 Å². The Labute approximate surface area is 154 Å². The molecule has 0 saturated heterocycles. The maximum atomic E-state index is 13.0. The molecule has 3 aromatic rings. The number of carbonyl (C=O) groups excluding carboxylic acids is 1. The number of amides is 1. The van der Waals surface area contributed by atoms with Crippen molar-refractivity contribution < 1.29 is 9.18 Å². The fraction of sp³-hybridized carbons (Fsp3) is 0.200. The molecule has 0 radical (unpaired) electrons. The lowest BCUT2D eigenvalue weighted by Gasteiger charge is -2.26. The summed E-state index contributed by atoms with van der Waals surface area (Å²) in [6.07, 6.45) is 5.64. The van der Waals surface area contributed by atoms with Gasteiger partial charge in [-0.2, -0.15) is 0 Å². The Kier molecular flexibility index (Phi) is 4.67. The second-order valence-electron chi connectivity index (χ2n) is 6.30. The zero-order chi connectivity index (χ0) is 17.9. The van der Waals surface area contributed by atoms with Crippen LogP contribution in [0.1, 0.15) is 23.8 Å². The molecule has 1 amide bonds. The first-order chi connectivity index (χ1) is 12.7. The Morgan fingerprint density at radius 1 is 1.08 bits per heavy atom. The number of anilines is 1. The highest BCUT2D eigenvalue weighted by Crippen LogP contribution is 2.38. The van der Waals surface area contributed by atoms with Crippen LogP contribution in [0.4, 0.5) is 10.1 Å². The van der Waals surface area contributed by atoms with E-state index in [2.05, 4.69) is 23.0 Å². The number of nitrogens with zero attached hydrogens (tertiary/aromatic N) is 1. The molecule has 2 N–H and O–H groups in total. The van der Waals surface area contributed by atoms with Gasteiger partial charge in [0.2, 0.25) is 5.91 Å². The van der Waals surface area contributed by atoms with Crippen molar-refractivity contribution in [3.05, 3.63) is 71.5 Å². The van der Waals surface area contributed by atoms with Gasteiger partial charge in [0.05, 0.1) is 26.8 Å². The van der Waals surface area contributed by atoms with Crippen LogP contribution in [0.25, 0.3) is 10.2 Å². The highest BCUT2D eigenvalue weighted by molar-refractivity contribution is 7.18. The van der Waals surface area contributed by atoms with E-state index in [1.807, 2.05) is 24.3 Å². The smallest absolute Gasteiger partial charge is 0.242 e. The van der Waals surface area contributed by atoms with Crippen molar-refractivity contribution in [3.8, 4) is 0 Å². The van der Waals surface area contributed by atoms with Gasteiger partial charge in [0.15, 0.2) is 0 Å². The molecule has 26 heavy (non-hydrogen) atoms. The van der Waals surface area contributed by atoms with E-state index in [0.29, 0.717) is 12.1 Å². The molecule has 0 saturated carbocycles. The molecule has 0 fully saturated rings. The monoisotopic (exact) mass is 367 g/mol. The SMILES string of the molecule is O=C(NNc1ccc(F)cc1)[C@H]1CC=CC[C@H]1c1nc2ccccc2s1. The Hall–Kier alpha value is -2.73. The summed E-state index contributed by atoms with van der Waals surface area (Å²) in [7, 11) is 0. The van der Waals surface area contributed by atoms with E-state index in [9.17, 15) is 9.18 Å². The lowest BCUT2D eigenvalue weighted by molar-refractivity contribution is -0.125. The summed E-state index contributed by atoms with van der Waals surface area (Å²) in [5.74, 6) is -0.515. The lowest BCUT2D eigenvalue weighted by Crippen LogP contribution is -2.38. The minimum absolute atomic E-state index is 0.0624. The molecule has 2 atom stereocenters. The van der Waals surface area contributed by atoms with Gasteiger partial charge in [-0.3, -0.25) is 15.6 Å². The number of hydrazine groups is 1. The number of hydrogen-bond acceptors (Lipinski definition) is 4. The molecule has 1 aliphatic carbocycles. The normalized spacial score (nSPS) is 19.4. The summed E-state index contributed by atoms with van der Waals surface area (Å²) in [6, 6.07) is 13.9. The van der Waals surface area contributed by atoms with Crippen molar-refractivity contribution in [1.29, 1.82) is 0 Å². The van der Waals surface area contributed by atoms with Gasteiger partial charge < -0.3 is 0 Å². The van der Waals surface area contributed by atoms with Crippen LogP contribution in [0, 0.1) is 11.7 Å². The molecule has 1 heterocycles. The first-order valence-electron chi connectivity index (χ1n) is 8.52. The predicted molar refractivity (Wildman–Crippen MR) is 102 cm³/mol. The van der Waals surface area contributed by atoms with Crippen molar-refractivity contribution >= 4 is 33.1 Å². The molecule has 2 aromatic carbocycles. The van der Waals surface area contributed by atoms with Crippen LogP contribution in [0.15, 0.2) is 60.7 Å². The van der Waals surface area contributed by atoms with Crippen LogP contribution in [0.3, 0.4) is 0 Å². The first-order valence-corrected chi connectivity index (χ1v) is 9.34.